The predicted octanol–water partition coefficient (Wildman–Crippen LogP) is 8.21. The Morgan fingerprint density at radius 3 is 1.83 bits per heavy atom. The maximum atomic E-state index is 13.8. The lowest BCUT2D eigenvalue weighted by molar-refractivity contribution is 0.628. The Labute approximate surface area is 173 Å². The van der Waals surface area contributed by atoms with Gasteiger partial charge >= 0.3 is 0 Å². The van der Waals surface area contributed by atoms with Crippen LogP contribution in [-0.2, 0) is 0 Å². The lowest BCUT2D eigenvalue weighted by Crippen LogP contribution is -1.87. The molecule has 1 nitrogen and oxygen atoms in total. The second kappa shape index (κ2) is 6.57. The first-order valence-corrected chi connectivity index (χ1v) is 9.97. The van der Waals surface area contributed by atoms with E-state index in [4.69, 9.17) is 4.42 Å². The molecule has 0 radical (unpaired) electrons. The molecule has 0 bridgehead atoms. The Balaban J connectivity index is 1.60. The smallest absolute Gasteiger partial charge is 0.135 e. The maximum Gasteiger partial charge on any atom is 0.135 e. The van der Waals surface area contributed by atoms with E-state index in [-0.39, 0.29) is 5.82 Å². The molecule has 5 aromatic carbocycles. The molecule has 30 heavy (non-hydrogen) atoms. The Morgan fingerprint density at radius 1 is 0.467 bits per heavy atom. The molecule has 0 saturated heterocycles. The largest absolute Gasteiger partial charge is 0.456 e. The van der Waals surface area contributed by atoms with Crippen molar-refractivity contribution in [2.75, 3.05) is 0 Å². The van der Waals surface area contributed by atoms with Gasteiger partial charge in [0.2, 0.25) is 0 Å². The first-order chi connectivity index (χ1) is 14.8. The topological polar surface area (TPSA) is 13.1 Å². The third-order valence-electron chi connectivity index (χ3n) is 5.75. The summed E-state index contributed by atoms with van der Waals surface area (Å²) in [5.74, 6) is -0.224. The van der Waals surface area contributed by atoms with Crippen molar-refractivity contribution >= 4 is 32.7 Å². The number of para-hydroxylation sites is 1. The highest BCUT2D eigenvalue weighted by atomic mass is 19.1. The number of hydrogen-bond acceptors (Lipinski definition) is 1. The summed E-state index contributed by atoms with van der Waals surface area (Å²) in [6, 6.07) is 33.8. The molecule has 0 aliphatic carbocycles. The van der Waals surface area contributed by atoms with Crippen LogP contribution in [0.25, 0.3) is 55.0 Å². The average molecular weight is 388 g/mol. The van der Waals surface area contributed by atoms with E-state index in [1.165, 1.54) is 6.07 Å². The van der Waals surface area contributed by atoms with Crippen LogP contribution >= 0.6 is 0 Å². The molecule has 0 aliphatic heterocycles. The van der Waals surface area contributed by atoms with Gasteiger partial charge in [-0.1, -0.05) is 72.8 Å². The normalized spacial score (nSPS) is 11.5. The molecule has 1 heterocycles. The van der Waals surface area contributed by atoms with Crippen LogP contribution in [0.15, 0.2) is 108 Å². The molecule has 1 aromatic heterocycles. The van der Waals surface area contributed by atoms with Crippen LogP contribution in [-0.4, -0.2) is 0 Å². The fourth-order valence-electron chi connectivity index (χ4n) is 4.35. The van der Waals surface area contributed by atoms with E-state index in [0.717, 1.165) is 55.0 Å². The monoisotopic (exact) mass is 388 g/mol. The molecule has 142 valence electrons. The van der Waals surface area contributed by atoms with Crippen molar-refractivity contribution in [2.24, 2.45) is 0 Å². The van der Waals surface area contributed by atoms with E-state index < -0.39 is 0 Å². The van der Waals surface area contributed by atoms with E-state index in [2.05, 4.69) is 42.5 Å². The molecule has 0 atom stereocenters. The highest BCUT2D eigenvalue weighted by molar-refractivity contribution is 6.09. The van der Waals surface area contributed by atoms with E-state index in [1.54, 1.807) is 12.1 Å². The van der Waals surface area contributed by atoms with Crippen LogP contribution in [0.1, 0.15) is 0 Å². The van der Waals surface area contributed by atoms with Gasteiger partial charge in [-0.05, 0) is 63.4 Å². The lowest BCUT2D eigenvalue weighted by atomic mass is 9.91. The Bertz CT molecular complexity index is 1560. The van der Waals surface area contributed by atoms with Crippen LogP contribution in [0, 0.1) is 5.82 Å². The van der Waals surface area contributed by atoms with E-state index in [1.807, 2.05) is 42.5 Å². The van der Waals surface area contributed by atoms with Crippen molar-refractivity contribution < 1.29 is 8.81 Å². The summed E-state index contributed by atoms with van der Waals surface area (Å²) in [4.78, 5) is 0. The van der Waals surface area contributed by atoms with Crippen LogP contribution in [0.5, 0.6) is 0 Å². The van der Waals surface area contributed by atoms with Crippen molar-refractivity contribution in [3.8, 4) is 22.3 Å². The molecule has 0 N–H and O–H groups in total. The van der Waals surface area contributed by atoms with Gasteiger partial charge in [-0.3, -0.25) is 0 Å². The summed E-state index contributed by atoms with van der Waals surface area (Å²) in [6.45, 7) is 0. The molecule has 2 heteroatoms. The minimum Gasteiger partial charge on any atom is -0.456 e. The number of fused-ring (bicyclic) bond motifs is 4. The van der Waals surface area contributed by atoms with E-state index in [0.29, 0.717) is 0 Å². The van der Waals surface area contributed by atoms with Crippen molar-refractivity contribution in [2.45, 2.75) is 0 Å². The fraction of sp³-hybridized carbons (Fsp3) is 0. The van der Waals surface area contributed by atoms with Crippen molar-refractivity contribution in [3.05, 3.63) is 109 Å². The molecule has 0 saturated carbocycles. The number of benzene rings is 5. The van der Waals surface area contributed by atoms with Crippen LogP contribution in [0.4, 0.5) is 4.39 Å². The van der Waals surface area contributed by atoms with E-state index in [9.17, 15) is 4.39 Å². The van der Waals surface area contributed by atoms with Crippen molar-refractivity contribution in [1.29, 1.82) is 0 Å². The lowest BCUT2D eigenvalue weighted by Gasteiger charge is -2.12. The van der Waals surface area contributed by atoms with Gasteiger partial charge in [-0.15, -0.1) is 0 Å². The Morgan fingerprint density at radius 2 is 1.10 bits per heavy atom. The van der Waals surface area contributed by atoms with Gasteiger partial charge < -0.3 is 4.42 Å². The minimum absolute atomic E-state index is 0.224. The second-order valence-electron chi connectivity index (χ2n) is 7.53. The Hall–Kier alpha value is -3.91. The van der Waals surface area contributed by atoms with Gasteiger partial charge in [0.15, 0.2) is 0 Å². The van der Waals surface area contributed by atoms with Crippen LogP contribution in [0.2, 0.25) is 0 Å². The summed E-state index contributed by atoms with van der Waals surface area (Å²) < 4.78 is 19.8. The molecular weight excluding hydrogens is 371 g/mol. The van der Waals surface area contributed by atoms with Gasteiger partial charge in [0.25, 0.3) is 0 Å². The molecule has 0 aliphatic rings. The summed E-state index contributed by atoms with van der Waals surface area (Å²) in [7, 11) is 0. The predicted molar refractivity (Wildman–Crippen MR) is 122 cm³/mol. The number of hydrogen-bond donors (Lipinski definition) is 0. The summed E-state index contributed by atoms with van der Waals surface area (Å²) in [6.07, 6.45) is 0. The SMILES string of the molecule is Fc1cccc(-c2ccc(-c3ccc4oc5ccccc5c4c3)c3ccccc23)c1. The quantitative estimate of drug-likeness (QED) is 0.291. The zero-order valence-corrected chi connectivity index (χ0v) is 16.1. The molecule has 0 amide bonds. The highest BCUT2D eigenvalue weighted by Gasteiger charge is 2.12. The summed E-state index contributed by atoms with van der Waals surface area (Å²) >= 11 is 0. The zero-order valence-electron chi connectivity index (χ0n) is 16.1. The average Bonchev–Trinajstić information content (AvgIpc) is 3.16. The van der Waals surface area contributed by atoms with Crippen LogP contribution < -0.4 is 0 Å². The van der Waals surface area contributed by atoms with Gasteiger partial charge in [0.05, 0.1) is 0 Å². The fourth-order valence-corrected chi connectivity index (χ4v) is 4.35. The molecule has 6 aromatic rings. The molecule has 0 fully saturated rings. The van der Waals surface area contributed by atoms with Crippen LogP contribution in [0.3, 0.4) is 0 Å². The van der Waals surface area contributed by atoms with Gasteiger partial charge in [-0.25, -0.2) is 4.39 Å². The minimum atomic E-state index is -0.224. The molecule has 6 rings (SSSR count). The van der Waals surface area contributed by atoms with Gasteiger partial charge in [0, 0.05) is 10.8 Å². The zero-order chi connectivity index (χ0) is 20.1. The third-order valence-corrected chi connectivity index (χ3v) is 5.75. The molecule has 0 unspecified atom stereocenters. The number of rotatable bonds is 2. The Kier molecular flexibility index (Phi) is 3.72. The molecular formula is C28H17FO. The second-order valence-corrected chi connectivity index (χ2v) is 7.53. The highest BCUT2D eigenvalue weighted by Crippen LogP contribution is 2.38. The molecule has 0 spiro atoms. The van der Waals surface area contributed by atoms with Gasteiger partial charge in [0.1, 0.15) is 17.0 Å². The first kappa shape index (κ1) is 17.0. The van der Waals surface area contributed by atoms with Gasteiger partial charge in [-0.2, -0.15) is 0 Å². The van der Waals surface area contributed by atoms with Crippen molar-refractivity contribution in [1.82, 2.24) is 0 Å². The summed E-state index contributed by atoms with van der Waals surface area (Å²) in [5, 5.41) is 4.49. The summed E-state index contributed by atoms with van der Waals surface area (Å²) in [5.41, 5.74) is 5.99. The number of halogens is 1. The maximum absolute atomic E-state index is 13.8. The van der Waals surface area contributed by atoms with Crippen molar-refractivity contribution in [3.63, 3.8) is 0 Å². The standard InChI is InChI=1S/C28H17FO/c29-20-7-5-6-18(16-20)21-13-14-22(24-9-2-1-8-23(21)24)19-12-15-28-26(17-19)25-10-3-4-11-27(25)30-28/h1-17H. The first-order valence-electron chi connectivity index (χ1n) is 9.97. The third kappa shape index (κ3) is 2.61. The van der Waals surface area contributed by atoms with E-state index >= 15 is 0 Å². The number of furan rings is 1.